The Hall–Kier alpha value is -2.75. The van der Waals surface area contributed by atoms with Crippen molar-refractivity contribution < 1.29 is 9.13 Å². The van der Waals surface area contributed by atoms with Gasteiger partial charge in [0.25, 0.3) is 0 Å². The van der Waals surface area contributed by atoms with E-state index in [4.69, 9.17) is 10.5 Å². The Morgan fingerprint density at radius 1 is 1.07 bits per heavy atom. The molecule has 0 aliphatic rings. The zero-order chi connectivity index (χ0) is 18.9. The largest absolute Gasteiger partial charge is 0.439 e. The number of aliphatic imine (C=N–C) groups is 1. The van der Waals surface area contributed by atoms with Crippen molar-refractivity contribution in [1.82, 2.24) is 15.3 Å². The van der Waals surface area contributed by atoms with Gasteiger partial charge in [-0.2, -0.15) is 0 Å². The average Bonchev–Trinajstić information content (AvgIpc) is 2.70. The van der Waals surface area contributed by atoms with Gasteiger partial charge in [0, 0.05) is 37.1 Å². The summed E-state index contributed by atoms with van der Waals surface area (Å²) in [6, 6.07) is 15.2. The molecule has 0 saturated carbocycles. The Kier molecular flexibility index (Phi) is 8.60. The SMILES string of the molecule is I.NC(=NCc1ccc(Oc2ccc(F)cc2)nc1)NCCc1ccccn1. The third-order valence-corrected chi connectivity index (χ3v) is 3.68. The molecule has 0 saturated heterocycles. The van der Waals surface area contributed by atoms with Crippen LogP contribution in [0.15, 0.2) is 72.0 Å². The first-order chi connectivity index (χ1) is 13.2. The van der Waals surface area contributed by atoms with Gasteiger partial charge in [-0.25, -0.2) is 14.4 Å². The van der Waals surface area contributed by atoms with Gasteiger partial charge in [0.2, 0.25) is 5.88 Å². The number of aromatic nitrogens is 2. The third kappa shape index (κ3) is 7.10. The summed E-state index contributed by atoms with van der Waals surface area (Å²) in [4.78, 5) is 12.8. The minimum atomic E-state index is -0.310. The second-order valence-corrected chi connectivity index (χ2v) is 5.76. The Balaban J connectivity index is 0.00000280. The summed E-state index contributed by atoms with van der Waals surface area (Å²) in [7, 11) is 0. The third-order valence-electron chi connectivity index (χ3n) is 3.68. The highest BCUT2D eigenvalue weighted by molar-refractivity contribution is 14.0. The molecule has 3 rings (SSSR count). The maximum absolute atomic E-state index is 12.9. The van der Waals surface area contributed by atoms with Crippen molar-refractivity contribution in [3.05, 3.63) is 84.1 Å². The van der Waals surface area contributed by atoms with Gasteiger partial charge >= 0.3 is 0 Å². The summed E-state index contributed by atoms with van der Waals surface area (Å²) in [5.74, 6) is 1.01. The lowest BCUT2D eigenvalue weighted by atomic mass is 10.3. The lowest BCUT2D eigenvalue weighted by molar-refractivity contribution is 0.461. The molecule has 0 spiro atoms. The molecule has 1 aromatic carbocycles. The molecule has 3 N–H and O–H groups in total. The molecule has 0 radical (unpaired) electrons. The van der Waals surface area contributed by atoms with Crippen LogP contribution < -0.4 is 15.8 Å². The van der Waals surface area contributed by atoms with Crippen LogP contribution in [-0.4, -0.2) is 22.5 Å². The van der Waals surface area contributed by atoms with Crippen LogP contribution in [0.5, 0.6) is 11.6 Å². The van der Waals surface area contributed by atoms with Gasteiger partial charge in [-0.3, -0.25) is 4.98 Å². The zero-order valence-electron chi connectivity index (χ0n) is 15.1. The van der Waals surface area contributed by atoms with E-state index in [9.17, 15) is 4.39 Å². The number of hydrogen-bond donors (Lipinski definition) is 2. The fourth-order valence-electron chi connectivity index (χ4n) is 2.29. The van der Waals surface area contributed by atoms with Gasteiger partial charge in [-0.15, -0.1) is 24.0 Å². The van der Waals surface area contributed by atoms with Crippen LogP contribution in [0.25, 0.3) is 0 Å². The molecule has 28 heavy (non-hydrogen) atoms. The van der Waals surface area contributed by atoms with Gasteiger partial charge in [0.1, 0.15) is 11.6 Å². The van der Waals surface area contributed by atoms with E-state index in [0.29, 0.717) is 30.7 Å². The van der Waals surface area contributed by atoms with Crippen molar-refractivity contribution >= 4 is 29.9 Å². The number of nitrogens with one attached hydrogen (secondary N) is 1. The standard InChI is InChI=1S/C20H20FN5O.HI/c21-16-5-7-18(8-6-16)27-19-9-4-15(13-25-19)14-26-20(22)24-12-10-17-3-1-2-11-23-17;/h1-9,11,13H,10,12,14H2,(H3,22,24,26);1H. The number of guanidine groups is 1. The molecule has 0 amide bonds. The van der Waals surface area contributed by atoms with E-state index in [-0.39, 0.29) is 29.8 Å². The van der Waals surface area contributed by atoms with Crippen LogP contribution in [0, 0.1) is 5.82 Å². The summed E-state index contributed by atoms with van der Waals surface area (Å²) >= 11 is 0. The van der Waals surface area contributed by atoms with Crippen LogP contribution >= 0.6 is 24.0 Å². The van der Waals surface area contributed by atoms with E-state index in [1.54, 1.807) is 30.6 Å². The van der Waals surface area contributed by atoms with E-state index in [1.807, 2.05) is 24.3 Å². The molecule has 0 atom stereocenters. The first kappa shape index (κ1) is 21.5. The number of rotatable bonds is 7. The molecule has 0 aliphatic carbocycles. The number of halogens is 2. The summed E-state index contributed by atoms with van der Waals surface area (Å²) in [6.45, 7) is 1.07. The molecule has 0 fully saturated rings. The normalized spacial score (nSPS) is 10.8. The average molecular weight is 493 g/mol. The minimum absolute atomic E-state index is 0. The molecule has 0 unspecified atom stereocenters. The minimum Gasteiger partial charge on any atom is -0.439 e. The van der Waals surface area contributed by atoms with E-state index < -0.39 is 0 Å². The van der Waals surface area contributed by atoms with Crippen molar-refractivity contribution in [3.63, 3.8) is 0 Å². The van der Waals surface area contributed by atoms with Crippen LogP contribution in [-0.2, 0) is 13.0 Å². The molecule has 2 heterocycles. The molecule has 0 aliphatic heterocycles. The van der Waals surface area contributed by atoms with Crippen molar-refractivity contribution in [1.29, 1.82) is 0 Å². The highest BCUT2D eigenvalue weighted by Crippen LogP contribution is 2.19. The number of ether oxygens (including phenoxy) is 1. The predicted molar refractivity (Wildman–Crippen MR) is 117 cm³/mol. The quantitative estimate of drug-likeness (QED) is 0.298. The van der Waals surface area contributed by atoms with Crippen LogP contribution in [0.3, 0.4) is 0 Å². The van der Waals surface area contributed by atoms with Crippen molar-refractivity contribution in [2.24, 2.45) is 10.7 Å². The zero-order valence-corrected chi connectivity index (χ0v) is 17.4. The van der Waals surface area contributed by atoms with Crippen LogP contribution in [0.4, 0.5) is 4.39 Å². The summed E-state index contributed by atoms with van der Waals surface area (Å²) < 4.78 is 18.4. The first-order valence-electron chi connectivity index (χ1n) is 8.51. The Morgan fingerprint density at radius 2 is 1.89 bits per heavy atom. The van der Waals surface area contributed by atoms with E-state index in [0.717, 1.165) is 17.7 Å². The van der Waals surface area contributed by atoms with E-state index in [2.05, 4.69) is 20.3 Å². The number of pyridine rings is 2. The van der Waals surface area contributed by atoms with E-state index >= 15 is 0 Å². The monoisotopic (exact) mass is 493 g/mol. The summed E-state index contributed by atoms with van der Waals surface area (Å²) in [6.07, 6.45) is 4.21. The van der Waals surface area contributed by atoms with Gasteiger partial charge in [-0.05, 0) is 42.0 Å². The number of benzene rings is 1. The molecule has 0 bridgehead atoms. The summed E-state index contributed by atoms with van der Waals surface area (Å²) in [5.41, 5.74) is 7.77. The molecule has 8 heteroatoms. The van der Waals surface area contributed by atoms with Gasteiger partial charge < -0.3 is 15.8 Å². The molecular weight excluding hydrogens is 472 g/mol. The highest BCUT2D eigenvalue weighted by Gasteiger charge is 2.01. The molecule has 3 aromatic rings. The number of hydrogen-bond acceptors (Lipinski definition) is 4. The van der Waals surface area contributed by atoms with Crippen LogP contribution in [0.1, 0.15) is 11.3 Å². The first-order valence-corrected chi connectivity index (χ1v) is 8.51. The molecular formula is C20H21FIN5O. The second-order valence-electron chi connectivity index (χ2n) is 5.76. The fraction of sp³-hybridized carbons (Fsp3) is 0.150. The highest BCUT2D eigenvalue weighted by atomic mass is 127. The Labute approximate surface area is 180 Å². The van der Waals surface area contributed by atoms with Crippen molar-refractivity contribution in [2.75, 3.05) is 6.54 Å². The summed E-state index contributed by atoms with van der Waals surface area (Å²) in [5, 5.41) is 3.06. The molecule has 6 nitrogen and oxygen atoms in total. The number of nitrogens with zero attached hydrogens (tertiary/aromatic N) is 3. The second kappa shape index (κ2) is 11.2. The fourth-order valence-corrected chi connectivity index (χ4v) is 2.29. The van der Waals surface area contributed by atoms with Crippen molar-refractivity contribution in [3.8, 4) is 11.6 Å². The Bertz CT molecular complexity index is 873. The van der Waals surface area contributed by atoms with Crippen molar-refractivity contribution in [2.45, 2.75) is 13.0 Å². The van der Waals surface area contributed by atoms with Crippen LogP contribution in [0.2, 0.25) is 0 Å². The molecule has 146 valence electrons. The maximum Gasteiger partial charge on any atom is 0.219 e. The molecule has 2 aromatic heterocycles. The van der Waals surface area contributed by atoms with Gasteiger partial charge in [0.15, 0.2) is 5.96 Å². The smallest absolute Gasteiger partial charge is 0.219 e. The maximum atomic E-state index is 12.9. The lowest BCUT2D eigenvalue weighted by Gasteiger charge is -2.06. The predicted octanol–water partition coefficient (Wildman–Crippen LogP) is 3.67. The lowest BCUT2D eigenvalue weighted by Crippen LogP contribution is -2.33. The van der Waals surface area contributed by atoms with Gasteiger partial charge in [-0.1, -0.05) is 12.1 Å². The number of nitrogens with two attached hydrogens (primary N) is 1. The topological polar surface area (TPSA) is 85.4 Å². The Morgan fingerprint density at radius 3 is 2.57 bits per heavy atom. The van der Waals surface area contributed by atoms with E-state index in [1.165, 1.54) is 12.1 Å². The van der Waals surface area contributed by atoms with Gasteiger partial charge in [0.05, 0.1) is 6.54 Å².